The number of benzene rings is 7. The van der Waals surface area contributed by atoms with Gasteiger partial charge in [-0.1, -0.05) is 157 Å². The van der Waals surface area contributed by atoms with Gasteiger partial charge in [0.15, 0.2) is 5.71 Å². The summed E-state index contributed by atoms with van der Waals surface area (Å²) in [6.07, 6.45) is 17.9. The molecule has 442 valence electrons. The second kappa shape index (κ2) is 28.9. The molecule has 0 radical (unpaired) electrons. The van der Waals surface area contributed by atoms with E-state index in [9.17, 15) is 0 Å². The monoisotopic (exact) mass is 1430 g/mol. The topological polar surface area (TPSA) is 113 Å². The molecule has 0 spiro atoms. The van der Waals surface area contributed by atoms with Crippen LogP contribution in [0, 0.1) is 10.2 Å². The number of nitrogens with zero attached hydrogens (tertiary/aromatic N) is 6. The first kappa shape index (κ1) is 66.8. The van der Waals surface area contributed by atoms with Crippen LogP contribution >= 0.6 is 34.4 Å². The van der Waals surface area contributed by atoms with E-state index in [1.165, 1.54) is 102 Å². The number of halogens is 3. The van der Waals surface area contributed by atoms with Gasteiger partial charge >= 0.3 is 0 Å². The third kappa shape index (κ3) is 14.8. The maximum atomic E-state index is 8.49. The number of para-hydroxylation sites is 4. The van der Waals surface area contributed by atoms with Gasteiger partial charge in [0.1, 0.15) is 29.5 Å². The number of anilines is 3. The Labute approximate surface area is 550 Å². The summed E-state index contributed by atoms with van der Waals surface area (Å²) in [7, 11) is 3.52. The maximum Gasteiger partial charge on any atom is 0.262 e. The third-order valence-corrected chi connectivity index (χ3v) is 18.9. The van der Waals surface area contributed by atoms with E-state index in [0.717, 1.165) is 19.6 Å². The van der Waals surface area contributed by atoms with Gasteiger partial charge in [0, 0.05) is 91.0 Å². The summed E-state index contributed by atoms with van der Waals surface area (Å²) in [5, 5.41) is 6.51. The molecule has 0 N–H and O–H groups in total. The second-order valence-corrected chi connectivity index (χ2v) is 25.5. The van der Waals surface area contributed by atoms with Crippen LogP contribution in [0.4, 0.5) is 22.7 Å². The SMILES string of the molecule is CCN1C(=CC=Cc2sc3ccccc3[n+]2CC)Sc2ccccc21.CC[n+]1c(C=Cc2ccc(N(C)C)cc2)sc2ccc3ccccc3c21.CN1C(=CC=CC2=[N+](C)c3ccccc3C2(C)C)C(C)(C)c2ccccc21.[I-].[I-].[O-][Cl+3]([O-])([O-])[O-]. The molecule has 0 fully saturated rings. The minimum Gasteiger partial charge on any atom is -1.00 e. The van der Waals surface area contributed by atoms with Crippen molar-refractivity contribution in [1.29, 1.82) is 0 Å². The van der Waals surface area contributed by atoms with Crippen LogP contribution in [-0.4, -0.2) is 45.0 Å². The first-order valence-electron chi connectivity index (χ1n) is 27.9. The predicted molar refractivity (Wildman–Crippen MR) is 340 cm³/mol. The number of hydrogen-bond acceptors (Lipinski definition) is 10. The lowest BCUT2D eigenvalue weighted by Gasteiger charge is -2.23. The van der Waals surface area contributed by atoms with Gasteiger partial charge in [-0.25, -0.2) is 18.6 Å². The van der Waals surface area contributed by atoms with Crippen molar-refractivity contribution in [3.63, 3.8) is 0 Å². The van der Waals surface area contributed by atoms with Gasteiger partial charge in [-0.05, 0) is 118 Å². The Kier molecular flexibility index (Phi) is 22.7. The zero-order chi connectivity index (χ0) is 59.2. The normalized spacial score (nSPS) is 15.6. The summed E-state index contributed by atoms with van der Waals surface area (Å²) < 4.78 is 43.8. The van der Waals surface area contributed by atoms with Crippen molar-refractivity contribution >= 4 is 112 Å². The van der Waals surface area contributed by atoms with Gasteiger partial charge in [-0.3, -0.25) is 0 Å². The lowest BCUT2D eigenvalue weighted by atomic mass is 9.81. The molecular formula is C69H73ClI2N6O4S3. The summed E-state index contributed by atoms with van der Waals surface area (Å²) in [5.41, 5.74) is 14.5. The molecule has 0 saturated carbocycles. The van der Waals surface area contributed by atoms with Gasteiger partial charge in [0.25, 0.3) is 10.0 Å². The fourth-order valence-electron chi connectivity index (χ4n) is 11.4. The molecule has 16 heteroatoms. The molecule has 85 heavy (non-hydrogen) atoms. The van der Waals surface area contributed by atoms with Crippen LogP contribution in [-0.2, 0) is 23.9 Å². The Bertz CT molecular complexity index is 4000. The van der Waals surface area contributed by atoms with Crippen LogP contribution in [0.5, 0.6) is 0 Å². The van der Waals surface area contributed by atoms with Gasteiger partial charge in [0.2, 0.25) is 16.7 Å². The Morgan fingerprint density at radius 3 is 1.85 bits per heavy atom. The third-order valence-electron chi connectivity index (χ3n) is 15.5. The fraction of sp³-hybridized carbons (Fsp3) is 0.232. The lowest BCUT2D eigenvalue weighted by Crippen LogP contribution is -3.00. The van der Waals surface area contributed by atoms with E-state index in [0.29, 0.717) is 0 Å². The Morgan fingerprint density at radius 2 is 1.18 bits per heavy atom. The van der Waals surface area contributed by atoms with Crippen molar-refractivity contribution in [2.24, 2.45) is 0 Å². The maximum absolute atomic E-state index is 8.49. The summed E-state index contributed by atoms with van der Waals surface area (Å²) >= 11 is 5.56. The van der Waals surface area contributed by atoms with Crippen molar-refractivity contribution in [3.05, 3.63) is 226 Å². The van der Waals surface area contributed by atoms with Crippen molar-refractivity contribution in [3.8, 4) is 0 Å². The van der Waals surface area contributed by atoms with Gasteiger partial charge in [-0.15, -0.1) is 10.2 Å². The highest BCUT2D eigenvalue weighted by Gasteiger charge is 2.43. The first-order valence-corrected chi connectivity index (χ1v) is 31.6. The molecule has 0 saturated heterocycles. The van der Waals surface area contributed by atoms with E-state index in [1.807, 2.05) is 34.4 Å². The van der Waals surface area contributed by atoms with E-state index in [2.05, 4.69) is 311 Å². The molecule has 2 aromatic heterocycles. The molecule has 9 aromatic rings. The van der Waals surface area contributed by atoms with E-state index in [4.69, 9.17) is 18.6 Å². The highest BCUT2D eigenvalue weighted by atomic mass is 127. The second-order valence-electron chi connectivity index (χ2n) is 21.5. The van der Waals surface area contributed by atoms with Crippen molar-refractivity contribution in [2.75, 3.05) is 49.4 Å². The standard InChI is InChI=1S/C25H29N2.C23H23N2S.C21H21N2S2.ClHO4.2HI/c1-24(2)18-12-7-9-14-20(18)26(5)22(24)16-11-17-23-25(3,4)19-13-8-10-15-21(19)27(23)6;1-4-25-22(16-11-17-9-13-19(14-10-17)24(2)3)26-21-15-12-18-7-5-6-8-20(18)23(21)25;1-3-22-16-10-5-7-12-18(16)24-20(22)14-9-15-21-23(4-2)17-11-6-8-13-19(17)25-21;2-1(3,4)5;;/h7-17H,1-6H3;5-16H,4H2,1-3H3;5-15H,3-4H2,1-2H3;(H,2,3,4,5);2*1H/q3*+1;;;/p-3. The largest absolute Gasteiger partial charge is 1.00 e. The molecule has 10 nitrogen and oxygen atoms in total. The van der Waals surface area contributed by atoms with Gasteiger partial charge < -0.3 is 62.7 Å². The van der Waals surface area contributed by atoms with Crippen LogP contribution in [0.2, 0.25) is 0 Å². The molecule has 5 heterocycles. The number of thiazole rings is 2. The van der Waals surface area contributed by atoms with Crippen molar-refractivity contribution in [2.45, 2.75) is 77.3 Å². The zero-order valence-electron chi connectivity index (χ0n) is 49.9. The van der Waals surface area contributed by atoms with Crippen LogP contribution in [0.15, 0.2) is 204 Å². The van der Waals surface area contributed by atoms with Crippen LogP contribution in [0.3, 0.4) is 0 Å². The molecule has 0 amide bonds. The Balaban J connectivity index is 0.000000174. The molecule has 3 aliphatic rings. The molecule has 0 bridgehead atoms. The average Bonchev–Trinajstić information content (AvgIpc) is 3.16. The predicted octanol–water partition coefficient (Wildman–Crippen LogP) is 6.11. The highest BCUT2D eigenvalue weighted by Crippen LogP contribution is 2.48. The number of fused-ring (bicyclic) bond motifs is 7. The Morgan fingerprint density at radius 1 is 0.588 bits per heavy atom. The quantitative estimate of drug-likeness (QED) is 0.119. The van der Waals surface area contributed by atoms with E-state index < -0.39 is 10.2 Å². The molecule has 0 atom stereocenters. The molecule has 0 unspecified atom stereocenters. The first-order chi connectivity index (χ1) is 39.7. The number of likely N-dealkylation sites (N-methyl/N-ethyl adjacent to an activating group) is 1. The van der Waals surface area contributed by atoms with Crippen LogP contribution in [0.25, 0.3) is 49.4 Å². The molecule has 12 rings (SSSR count). The minimum absolute atomic E-state index is 0. The Hall–Kier alpha value is -5.71. The summed E-state index contributed by atoms with van der Waals surface area (Å²) in [5.74, 6) is 0. The summed E-state index contributed by atoms with van der Waals surface area (Å²) in [6, 6.07) is 56.4. The smallest absolute Gasteiger partial charge is 0.262 e. The molecule has 7 aromatic carbocycles. The van der Waals surface area contributed by atoms with Gasteiger partial charge in [0.05, 0.1) is 21.5 Å². The van der Waals surface area contributed by atoms with Crippen LogP contribution in [0.1, 0.15) is 75.2 Å². The van der Waals surface area contributed by atoms with E-state index >= 15 is 0 Å². The molecule has 0 aliphatic carbocycles. The zero-order valence-corrected chi connectivity index (χ0v) is 57.4. The molecule has 3 aliphatic heterocycles. The number of aromatic nitrogens is 2. The average molecular weight is 1440 g/mol. The number of allylic oxidation sites excluding steroid dienone is 6. The van der Waals surface area contributed by atoms with Crippen molar-refractivity contribution < 1.29 is 90.5 Å². The van der Waals surface area contributed by atoms with E-state index in [-0.39, 0.29) is 58.8 Å². The fourth-order valence-corrected chi connectivity index (χ4v) is 14.8. The van der Waals surface area contributed by atoms with Crippen LogP contribution < -0.4 is 90.4 Å². The van der Waals surface area contributed by atoms with E-state index in [1.54, 1.807) is 0 Å². The number of thioether (sulfide) groups is 1. The number of rotatable bonds is 10. The minimum atomic E-state index is -4.94. The van der Waals surface area contributed by atoms with Gasteiger partial charge in [-0.2, -0.15) is 13.7 Å². The lowest BCUT2D eigenvalue weighted by molar-refractivity contribution is -2.00. The number of hydrogen-bond donors (Lipinski definition) is 0. The summed E-state index contributed by atoms with van der Waals surface area (Å²) in [4.78, 5) is 8.16. The summed E-state index contributed by atoms with van der Waals surface area (Å²) in [6.45, 7) is 18.8. The molecular weight excluding hydrogens is 1360 g/mol. The number of aryl methyl sites for hydroxylation is 2. The van der Waals surface area contributed by atoms with Crippen molar-refractivity contribution in [1.82, 2.24) is 0 Å². The highest BCUT2D eigenvalue weighted by molar-refractivity contribution is 8.03.